The number of halogens is 4. The van der Waals surface area contributed by atoms with Gasteiger partial charge >= 0.3 is 0 Å². The monoisotopic (exact) mass is 541 g/mol. The normalized spacial score (nSPS) is 19.8. The zero-order chi connectivity index (χ0) is 26.8. The molecule has 3 aromatic rings. The van der Waals surface area contributed by atoms with Crippen molar-refractivity contribution in [1.82, 2.24) is 15.1 Å². The first-order valence-corrected chi connectivity index (χ1v) is 12.9. The first kappa shape index (κ1) is 26.3. The van der Waals surface area contributed by atoms with Gasteiger partial charge < -0.3 is 15.1 Å². The lowest BCUT2D eigenvalue weighted by Crippen LogP contribution is -2.35. The van der Waals surface area contributed by atoms with E-state index in [1.807, 2.05) is 30.3 Å². The Morgan fingerprint density at radius 2 is 1.58 bits per heavy atom. The zero-order valence-electron chi connectivity index (χ0n) is 20.5. The third-order valence-electron chi connectivity index (χ3n) is 7.45. The van der Waals surface area contributed by atoms with Crippen molar-refractivity contribution in [3.8, 4) is 0 Å². The largest absolute Gasteiger partial charge is 0.345 e. The quantitative estimate of drug-likeness (QED) is 0.440. The summed E-state index contributed by atoms with van der Waals surface area (Å²) in [6.45, 7) is 3.37. The highest BCUT2D eigenvalue weighted by Crippen LogP contribution is 2.34. The maximum atomic E-state index is 14.3. The average Bonchev–Trinajstić information content (AvgIpc) is 3.47. The van der Waals surface area contributed by atoms with E-state index < -0.39 is 23.4 Å². The minimum absolute atomic E-state index is 0.0558. The number of benzene rings is 3. The molecule has 2 heterocycles. The van der Waals surface area contributed by atoms with Crippen molar-refractivity contribution in [3.05, 3.63) is 106 Å². The molecule has 0 spiro atoms. The Labute approximate surface area is 224 Å². The van der Waals surface area contributed by atoms with E-state index in [1.165, 1.54) is 24.3 Å². The molecule has 0 aliphatic carbocycles. The van der Waals surface area contributed by atoms with Gasteiger partial charge in [0.15, 0.2) is 11.6 Å². The van der Waals surface area contributed by atoms with Crippen molar-refractivity contribution < 1.29 is 22.8 Å². The fourth-order valence-electron chi connectivity index (χ4n) is 5.50. The van der Waals surface area contributed by atoms with Gasteiger partial charge in [-0.05, 0) is 54.2 Å². The van der Waals surface area contributed by atoms with Crippen LogP contribution in [0.15, 0.2) is 66.7 Å². The number of carbonyl (C=O) groups is 2. The summed E-state index contributed by atoms with van der Waals surface area (Å²) >= 11 is 6.10. The molecule has 0 radical (unpaired) electrons. The first-order chi connectivity index (χ1) is 18.3. The van der Waals surface area contributed by atoms with E-state index in [1.54, 1.807) is 4.90 Å². The number of nitrogens with one attached hydrogen (secondary N) is 1. The minimum Gasteiger partial charge on any atom is -0.345 e. The molecule has 2 saturated heterocycles. The number of rotatable bonds is 7. The number of carbonyl (C=O) groups excluding carboxylic acids is 2. The van der Waals surface area contributed by atoms with E-state index in [9.17, 15) is 22.8 Å². The molecular weight excluding hydrogens is 515 g/mol. The summed E-state index contributed by atoms with van der Waals surface area (Å²) in [5.41, 5.74) is 0.898. The van der Waals surface area contributed by atoms with Crippen LogP contribution in [0, 0.1) is 29.3 Å². The molecule has 38 heavy (non-hydrogen) atoms. The second kappa shape index (κ2) is 11.2. The van der Waals surface area contributed by atoms with Gasteiger partial charge in [-0.1, -0.05) is 48.0 Å². The SMILES string of the molecule is O=C(NC(CCN1CC2CN(C(=O)c3c(F)cccc3Cl)CC2C1)c1ccccc1)c1ccc(F)c(F)c1. The Morgan fingerprint density at radius 3 is 2.24 bits per heavy atom. The molecule has 0 aromatic heterocycles. The van der Waals surface area contributed by atoms with Crippen molar-refractivity contribution >= 4 is 23.4 Å². The smallest absolute Gasteiger partial charge is 0.258 e. The molecule has 3 aromatic carbocycles. The van der Waals surface area contributed by atoms with E-state index in [0.717, 1.165) is 30.8 Å². The van der Waals surface area contributed by atoms with Crippen LogP contribution >= 0.6 is 11.6 Å². The summed E-state index contributed by atoms with van der Waals surface area (Å²) in [4.78, 5) is 29.8. The molecule has 2 amide bonds. The zero-order valence-corrected chi connectivity index (χ0v) is 21.3. The van der Waals surface area contributed by atoms with Crippen molar-refractivity contribution in [2.75, 3.05) is 32.7 Å². The molecule has 5 rings (SSSR count). The van der Waals surface area contributed by atoms with Gasteiger partial charge in [-0.2, -0.15) is 0 Å². The van der Waals surface area contributed by atoms with Gasteiger partial charge in [0.1, 0.15) is 5.82 Å². The summed E-state index contributed by atoms with van der Waals surface area (Å²) in [6, 6.07) is 16.5. The number of fused-ring (bicyclic) bond motifs is 1. The molecule has 9 heteroatoms. The van der Waals surface area contributed by atoms with Crippen LogP contribution in [0.25, 0.3) is 0 Å². The summed E-state index contributed by atoms with van der Waals surface area (Å²) < 4.78 is 41.2. The van der Waals surface area contributed by atoms with Gasteiger partial charge in [-0.3, -0.25) is 9.59 Å². The van der Waals surface area contributed by atoms with Gasteiger partial charge in [0.2, 0.25) is 0 Å². The van der Waals surface area contributed by atoms with Gasteiger partial charge in [0.25, 0.3) is 11.8 Å². The lowest BCUT2D eigenvalue weighted by molar-refractivity contribution is 0.0769. The molecule has 3 unspecified atom stereocenters. The van der Waals surface area contributed by atoms with Gasteiger partial charge in [-0.25, -0.2) is 13.2 Å². The molecule has 2 fully saturated rings. The van der Waals surface area contributed by atoms with E-state index in [-0.39, 0.29) is 39.9 Å². The summed E-state index contributed by atoms with van der Waals surface area (Å²) in [5.74, 6) is -2.98. The van der Waals surface area contributed by atoms with Crippen LogP contribution in [0.2, 0.25) is 5.02 Å². The van der Waals surface area contributed by atoms with Gasteiger partial charge in [0.05, 0.1) is 16.6 Å². The Morgan fingerprint density at radius 1 is 0.868 bits per heavy atom. The topological polar surface area (TPSA) is 52.7 Å². The molecule has 0 bridgehead atoms. The maximum absolute atomic E-state index is 14.3. The average molecular weight is 542 g/mol. The lowest BCUT2D eigenvalue weighted by atomic mass is 10.0. The molecule has 5 nitrogen and oxygen atoms in total. The predicted octanol–water partition coefficient (Wildman–Crippen LogP) is 5.32. The second-order valence-electron chi connectivity index (χ2n) is 9.94. The molecule has 198 valence electrons. The van der Waals surface area contributed by atoms with Gasteiger partial charge in [0, 0.05) is 38.3 Å². The molecule has 0 saturated carbocycles. The van der Waals surface area contributed by atoms with Crippen molar-refractivity contribution in [2.24, 2.45) is 11.8 Å². The van der Waals surface area contributed by atoms with E-state index in [4.69, 9.17) is 11.6 Å². The standard InChI is InChI=1S/C29H27ClF3N3O2/c30-22-7-4-8-24(32)27(22)29(38)36-16-20-14-35(15-21(20)17-36)12-11-26(18-5-2-1-3-6-18)34-28(37)19-9-10-23(31)25(33)13-19/h1-10,13,20-21,26H,11-12,14-17H2,(H,34,37). The van der Waals surface area contributed by atoms with Crippen LogP contribution in [0.5, 0.6) is 0 Å². The molecule has 2 aliphatic rings. The number of hydrogen-bond acceptors (Lipinski definition) is 3. The summed E-state index contributed by atoms with van der Waals surface area (Å²) in [5, 5.41) is 3.08. The van der Waals surface area contributed by atoms with Crippen LogP contribution in [0.3, 0.4) is 0 Å². The van der Waals surface area contributed by atoms with Crippen molar-refractivity contribution in [2.45, 2.75) is 12.5 Å². The number of nitrogens with zero attached hydrogens (tertiary/aromatic N) is 2. The van der Waals surface area contributed by atoms with Crippen LogP contribution in [0.4, 0.5) is 13.2 Å². The fraction of sp³-hybridized carbons (Fsp3) is 0.310. The number of amides is 2. The molecular formula is C29H27ClF3N3O2. The predicted molar refractivity (Wildman–Crippen MR) is 138 cm³/mol. The van der Waals surface area contributed by atoms with E-state index in [2.05, 4.69) is 10.2 Å². The Balaban J connectivity index is 1.20. The summed E-state index contributed by atoms with van der Waals surface area (Å²) in [6.07, 6.45) is 0.617. The molecule has 1 N–H and O–H groups in total. The van der Waals surface area contributed by atoms with Crippen molar-refractivity contribution in [1.29, 1.82) is 0 Å². The second-order valence-corrected chi connectivity index (χ2v) is 10.3. The number of likely N-dealkylation sites (tertiary alicyclic amines) is 2. The number of hydrogen-bond donors (Lipinski definition) is 1. The highest BCUT2D eigenvalue weighted by Gasteiger charge is 2.42. The van der Waals surface area contributed by atoms with Crippen LogP contribution < -0.4 is 5.32 Å². The Bertz CT molecular complexity index is 1310. The van der Waals surface area contributed by atoms with Crippen LogP contribution in [-0.2, 0) is 0 Å². The first-order valence-electron chi connectivity index (χ1n) is 12.6. The van der Waals surface area contributed by atoms with Crippen molar-refractivity contribution in [3.63, 3.8) is 0 Å². The van der Waals surface area contributed by atoms with Crippen LogP contribution in [-0.4, -0.2) is 54.3 Å². The minimum atomic E-state index is -1.07. The van der Waals surface area contributed by atoms with Crippen LogP contribution in [0.1, 0.15) is 38.7 Å². The highest BCUT2D eigenvalue weighted by molar-refractivity contribution is 6.33. The molecule has 2 aliphatic heterocycles. The third kappa shape index (κ3) is 5.56. The van der Waals surface area contributed by atoms with E-state index >= 15 is 0 Å². The van der Waals surface area contributed by atoms with Gasteiger partial charge in [-0.15, -0.1) is 0 Å². The third-order valence-corrected chi connectivity index (χ3v) is 7.76. The highest BCUT2D eigenvalue weighted by atomic mass is 35.5. The lowest BCUT2D eigenvalue weighted by Gasteiger charge is -2.25. The Hall–Kier alpha value is -3.36. The summed E-state index contributed by atoms with van der Waals surface area (Å²) in [7, 11) is 0. The Kier molecular flexibility index (Phi) is 7.72. The maximum Gasteiger partial charge on any atom is 0.258 e. The molecule has 3 atom stereocenters. The van der Waals surface area contributed by atoms with E-state index in [0.29, 0.717) is 26.1 Å². The fourth-order valence-corrected chi connectivity index (χ4v) is 5.74.